The van der Waals surface area contributed by atoms with Gasteiger partial charge in [0.1, 0.15) is 4.60 Å². The second kappa shape index (κ2) is 3.19. The lowest BCUT2D eigenvalue weighted by molar-refractivity contribution is 0.426. The highest BCUT2D eigenvalue weighted by Gasteiger charge is 2.19. The Morgan fingerprint density at radius 1 is 1.60 bits per heavy atom. The van der Waals surface area contributed by atoms with Crippen molar-refractivity contribution in [3.63, 3.8) is 0 Å². The zero-order valence-corrected chi connectivity index (χ0v) is 7.74. The average Bonchev–Trinajstić information content (AvgIpc) is 2.10. The Morgan fingerprint density at radius 3 is 2.40 bits per heavy atom. The number of rotatable bonds is 1. The minimum atomic E-state index is -1.50. The summed E-state index contributed by atoms with van der Waals surface area (Å²) in [6, 6.07) is 0. The lowest BCUT2D eigenvalue weighted by atomic mass is 9.91. The summed E-state index contributed by atoms with van der Waals surface area (Å²) >= 11 is 9.51. The molecule has 0 saturated heterocycles. The molecule has 2 N–H and O–H groups in total. The summed E-state index contributed by atoms with van der Waals surface area (Å²) in [5.74, 6) is 0. The smallest absolute Gasteiger partial charge is 0.423 e. The molecule has 7 heteroatoms. The first-order chi connectivity index (χ1) is 4.61. The maximum absolute atomic E-state index is 8.66. The molecule has 54 valence electrons. The van der Waals surface area contributed by atoms with Crippen LogP contribution < -0.4 is 4.78 Å². The Labute approximate surface area is 74.9 Å². The molecule has 0 aromatic carbocycles. The summed E-state index contributed by atoms with van der Waals surface area (Å²) in [7, 11) is -1.50. The third kappa shape index (κ3) is 1.70. The Bertz CT molecular complexity index is 242. The molecule has 1 aromatic rings. The molecule has 0 aliphatic carbocycles. The van der Waals surface area contributed by atoms with Crippen molar-refractivity contribution in [1.82, 2.24) is 4.98 Å². The predicted molar refractivity (Wildman–Crippen MR) is 44.6 cm³/mol. The van der Waals surface area contributed by atoms with Crippen LogP contribution in [0.25, 0.3) is 0 Å². The third-order valence-corrected chi connectivity index (χ3v) is 2.88. The second-order valence-corrected chi connectivity index (χ2v) is 3.86. The number of hydrogen-bond acceptors (Lipinski definition) is 4. The molecule has 0 aliphatic heterocycles. The molecule has 3 nitrogen and oxygen atoms in total. The fourth-order valence-corrected chi connectivity index (χ4v) is 2.18. The van der Waals surface area contributed by atoms with Gasteiger partial charge >= 0.3 is 7.12 Å². The van der Waals surface area contributed by atoms with E-state index in [1.165, 1.54) is 0 Å². The van der Waals surface area contributed by atoms with Gasteiger partial charge in [0, 0.05) is 0 Å². The van der Waals surface area contributed by atoms with Crippen LogP contribution >= 0.6 is 38.9 Å². The lowest BCUT2D eigenvalue weighted by Gasteiger charge is -1.89. The largest absolute Gasteiger partial charge is 0.502 e. The van der Waals surface area contributed by atoms with Crippen LogP contribution in [0, 0.1) is 0 Å². The number of aromatic nitrogens is 1. The lowest BCUT2D eigenvalue weighted by Crippen LogP contribution is -2.27. The van der Waals surface area contributed by atoms with Crippen molar-refractivity contribution in [2.75, 3.05) is 0 Å². The molecule has 0 spiro atoms. The summed E-state index contributed by atoms with van der Waals surface area (Å²) in [6.07, 6.45) is 0. The molecule has 0 atom stereocenters. The van der Waals surface area contributed by atoms with Gasteiger partial charge in [-0.3, -0.25) is 0 Å². The normalized spacial score (nSPS) is 10.0. The summed E-state index contributed by atoms with van der Waals surface area (Å²) < 4.78 is 0.998. The second-order valence-electron chi connectivity index (χ2n) is 1.50. The maximum Gasteiger partial charge on any atom is 0.502 e. The molecule has 0 saturated carbocycles. The van der Waals surface area contributed by atoms with Gasteiger partial charge in [-0.05, 0) is 15.9 Å². The van der Waals surface area contributed by atoms with Gasteiger partial charge in [-0.25, -0.2) is 4.98 Å². The number of nitrogens with zero attached hydrogens (tertiary/aromatic N) is 1. The highest BCUT2D eigenvalue weighted by Crippen LogP contribution is 2.17. The molecule has 0 amide bonds. The van der Waals surface area contributed by atoms with Gasteiger partial charge in [-0.15, -0.1) is 11.3 Å². The van der Waals surface area contributed by atoms with E-state index in [1.54, 1.807) is 0 Å². The van der Waals surface area contributed by atoms with Crippen molar-refractivity contribution in [2.45, 2.75) is 0 Å². The molecular weight excluding hydrogens is 240 g/mol. The molecule has 0 bridgehead atoms. The van der Waals surface area contributed by atoms with Gasteiger partial charge in [0.25, 0.3) is 0 Å². The van der Waals surface area contributed by atoms with Gasteiger partial charge in [-0.2, -0.15) is 0 Å². The van der Waals surface area contributed by atoms with Gasteiger partial charge in [0.15, 0.2) is 4.47 Å². The molecule has 0 fully saturated rings. The summed E-state index contributed by atoms with van der Waals surface area (Å²) in [5.41, 5.74) is 0. The Hall–Kier alpha value is 0.385. The Balaban J connectivity index is 3.03. The van der Waals surface area contributed by atoms with Gasteiger partial charge < -0.3 is 10.0 Å². The van der Waals surface area contributed by atoms with Crippen LogP contribution in [-0.4, -0.2) is 22.2 Å². The minimum Gasteiger partial charge on any atom is -0.423 e. The van der Waals surface area contributed by atoms with Crippen molar-refractivity contribution >= 4 is 50.8 Å². The van der Waals surface area contributed by atoms with Crippen molar-refractivity contribution in [1.29, 1.82) is 0 Å². The van der Waals surface area contributed by atoms with E-state index in [-0.39, 0.29) is 4.47 Å². The van der Waals surface area contributed by atoms with Crippen molar-refractivity contribution in [3.05, 3.63) is 9.07 Å². The molecule has 1 aromatic heterocycles. The van der Waals surface area contributed by atoms with E-state index >= 15 is 0 Å². The first-order valence-electron chi connectivity index (χ1n) is 2.29. The van der Waals surface area contributed by atoms with Crippen LogP contribution in [0.2, 0.25) is 4.47 Å². The van der Waals surface area contributed by atoms with E-state index in [0.29, 0.717) is 9.38 Å². The zero-order chi connectivity index (χ0) is 7.72. The molecule has 10 heavy (non-hydrogen) atoms. The van der Waals surface area contributed by atoms with Crippen LogP contribution in [0.4, 0.5) is 0 Å². The van der Waals surface area contributed by atoms with Crippen LogP contribution in [0.5, 0.6) is 0 Å². The molecule has 0 radical (unpaired) electrons. The topological polar surface area (TPSA) is 53.4 Å². The first-order valence-corrected chi connectivity index (χ1v) is 4.28. The highest BCUT2D eigenvalue weighted by molar-refractivity contribution is 9.10. The Morgan fingerprint density at radius 2 is 2.20 bits per heavy atom. The maximum atomic E-state index is 8.66. The molecule has 1 heterocycles. The van der Waals surface area contributed by atoms with Crippen LogP contribution in [0.15, 0.2) is 4.60 Å². The summed E-state index contributed by atoms with van der Waals surface area (Å²) in [6.45, 7) is 0. The minimum absolute atomic E-state index is 0.287. The SMILES string of the molecule is OB(O)c1sc(Cl)nc1Br. The van der Waals surface area contributed by atoms with Crippen LogP contribution in [0.3, 0.4) is 0 Å². The van der Waals surface area contributed by atoms with E-state index in [0.717, 1.165) is 11.3 Å². The van der Waals surface area contributed by atoms with Crippen molar-refractivity contribution in [3.8, 4) is 0 Å². The third-order valence-electron chi connectivity index (χ3n) is 0.818. The van der Waals surface area contributed by atoms with Gasteiger partial charge in [-0.1, -0.05) is 11.6 Å². The van der Waals surface area contributed by atoms with E-state index < -0.39 is 7.12 Å². The number of thiazole rings is 1. The van der Waals surface area contributed by atoms with E-state index in [1.807, 2.05) is 0 Å². The quantitative estimate of drug-likeness (QED) is 0.694. The molecule has 1 rings (SSSR count). The standard InChI is InChI=1S/C3H2BBrClNO2S/c5-2-1(4(8)9)10-3(6)7-2/h8-9H. The van der Waals surface area contributed by atoms with Crippen molar-refractivity contribution in [2.24, 2.45) is 0 Å². The summed E-state index contributed by atoms with van der Waals surface area (Å²) in [5, 5.41) is 17.3. The highest BCUT2D eigenvalue weighted by atomic mass is 79.9. The Kier molecular flexibility index (Phi) is 2.70. The van der Waals surface area contributed by atoms with Crippen LogP contribution in [-0.2, 0) is 0 Å². The predicted octanol–water partition coefficient (Wildman–Crippen LogP) is 0.239. The van der Waals surface area contributed by atoms with E-state index in [4.69, 9.17) is 21.6 Å². The number of halogens is 2. The molecule has 0 aliphatic rings. The zero-order valence-electron chi connectivity index (χ0n) is 4.58. The average molecular weight is 242 g/mol. The van der Waals surface area contributed by atoms with Gasteiger partial charge in [0.2, 0.25) is 0 Å². The van der Waals surface area contributed by atoms with Crippen LogP contribution in [0.1, 0.15) is 0 Å². The summed E-state index contributed by atoms with van der Waals surface area (Å²) in [4.78, 5) is 3.71. The number of hydrogen-bond donors (Lipinski definition) is 2. The van der Waals surface area contributed by atoms with Crippen molar-refractivity contribution < 1.29 is 10.0 Å². The van der Waals surface area contributed by atoms with Gasteiger partial charge in [0.05, 0.1) is 4.78 Å². The molecule has 0 unspecified atom stereocenters. The molecular formula is C3H2BBrClNO2S. The fourth-order valence-electron chi connectivity index (χ4n) is 0.447. The van der Waals surface area contributed by atoms with E-state index in [9.17, 15) is 0 Å². The monoisotopic (exact) mass is 241 g/mol. The first kappa shape index (κ1) is 8.48. The fraction of sp³-hybridized carbons (Fsp3) is 0. The van der Waals surface area contributed by atoms with E-state index in [2.05, 4.69) is 20.9 Å².